The highest BCUT2D eigenvalue weighted by atomic mass is 35.5. The Morgan fingerprint density at radius 2 is 1.94 bits per heavy atom. The molecule has 1 aliphatic heterocycles. The van der Waals surface area contributed by atoms with Gasteiger partial charge in [-0.15, -0.1) is 0 Å². The summed E-state index contributed by atoms with van der Waals surface area (Å²) in [5.41, 5.74) is 1.20. The van der Waals surface area contributed by atoms with E-state index < -0.39 is 0 Å². The van der Waals surface area contributed by atoms with Crippen molar-refractivity contribution in [3.8, 4) is 0 Å². The maximum atomic E-state index is 5.90. The van der Waals surface area contributed by atoms with Gasteiger partial charge < -0.3 is 4.90 Å². The highest BCUT2D eigenvalue weighted by molar-refractivity contribution is 6.29. The number of hydrogen-bond acceptors (Lipinski definition) is 3. The van der Waals surface area contributed by atoms with E-state index in [0.717, 1.165) is 19.1 Å². The van der Waals surface area contributed by atoms with Crippen molar-refractivity contribution in [2.45, 2.75) is 18.9 Å². The Kier molecular flexibility index (Phi) is 2.74. The molecule has 2 aliphatic rings. The number of piperazine rings is 1. The minimum Gasteiger partial charge on any atom is -0.369 e. The average Bonchev–Trinajstić information content (AvgIpc) is 3.13. The lowest BCUT2D eigenvalue weighted by atomic mass is 10.2. The summed E-state index contributed by atoms with van der Waals surface area (Å²) < 4.78 is 0. The lowest BCUT2D eigenvalue weighted by Gasteiger charge is -2.36. The molecule has 0 amide bonds. The lowest BCUT2D eigenvalue weighted by molar-refractivity contribution is 0.248. The molecule has 0 aromatic carbocycles. The van der Waals surface area contributed by atoms with E-state index in [4.69, 9.17) is 11.6 Å². The molecule has 0 spiro atoms. The largest absolute Gasteiger partial charge is 0.369 e. The molecule has 1 aromatic rings. The van der Waals surface area contributed by atoms with Gasteiger partial charge in [0.25, 0.3) is 0 Å². The van der Waals surface area contributed by atoms with Crippen molar-refractivity contribution in [1.29, 1.82) is 0 Å². The third-order valence-corrected chi connectivity index (χ3v) is 3.66. The van der Waals surface area contributed by atoms with Gasteiger partial charge in [-0.1, -0.05) is 11.6 Å². The Bertz CT molecular complexity index is 370. The Morgan fingerprint density at radius 1 is 1.19 bits per heavy atom. The normalized spacial score (nSPS) is 22.4. The fourth-order valence-electron chi connectivity index (χ4n) is 2.37. The zero-order valence-electron chi connectivity index (χ0n) is 9.27. The first-order chi connectivity index (χ1) is 7.83. The van der Waals surface area contributed by atoms with Gasteiger partial charge in [0, 0.05) is 44.1 Å². The van der Waals surface area contributed by atoms with Crippen molar-refractivity contribution in [2.24, 2.45) is 0 Å². The third-order valence-electron chi connectivity index (χ3n) is 3.45. The van der Waals surface area contributed by atoms with Crippen LogP contribution in [-0.4, -0.2) is 42.1 Å². The monoisotopic (exact) mass is 237 g/mol. The molecule has 2 fully saturated rings. The van der Waals surface area contributed by atoms with Gasteiger partial charge in [0.15, 0.2) is 0 Å². The highest BCUT2D eigenvalue weighted by Crippen LogP contribution is 2.28. The summed E-state index contributed by atoms with van der Waals surface area (Å²) in [7, 11) is 0. The minimum atomic E-state index is 0.585. The van der Waals surface area contributed by atoms with Gasteiger partial charge in [0.2, 0.25) is 0 Å². The fourth-order valence-corrected chi connectivity index (χ4v) is 2.54. The number of hydrogen-bond donors (Lipinski definition) is 0. The van der Waals surface area contributed by atoms with Crippen LogP contribution in [0.15, 0.2) is 18.3 Å². The van der Waals surface area contributed by atoms with E-state index in [9.17, 15) is 0 Å². The molecule has 0 atom stereocenters. The molecular weight excluding hydrogens is 222 g/mol. The molecule has 86 valence electrons. The molecule has 4 heteroatoms. The van der Waals surface area contributed by atoms with Crippen LogP contribution >= 0.6 is 11.6 Å². The molecule has 2 heterocycles. The predicted octanol–water partition coefficient (Wildman–Crippen LogP) is 2.02. The minimum absolute atomic E-state index is 0.585. The first-order valence-corrected chi connectivity index (χ1v) is 6.31. The van der Waals surface area contributed by atoms with Crippen LogP contribution in [0.4, 0.5) is 5.69 Å². The molecule has 1 saturated heterocycles. The van der Waals surface area contributed by atoms with Crippen molar-refractivity contribution in [3.05, 3.63) is 23.5 Å². The summed E-state index contributed by atoms with van der Waals surface area (Å²) in [5, 5.41) is 0.585. The van der Waals surface area contributed by atoms with Gasteiger partial charge in [-0.3, -0.25) is 4.90 Å². The summed E-state index contributed by atoms with van der Waals surface area (Å²) in [6, 6.07) is 4.88. The zero-order chi connectivity index (χ0) is 11.0. The van der Waals surface area contributed by atoms with Crippen molar-refractivity contribution in [3.63, 3.8) is 0 Å². The van der Waals surface area contributed by atoms with Gasteiger partial charge >= 0.3 is 0 Å². The van der Waals surface area contributed by atoms with E-state index >= 15 is 0 Å². The van der Waals surface area contributed by atoms with Crippen molar-refractivity contribution in [2.75, 3.05) is 31.1 Å². The number of pyridine rings is 1. The molecule has 1 aliphatic carbocycles. The molecule has 1 aromatic heterocycles. The lowest BCUT2D eigenvalue weighted by Crippen LogP contribution is -2.47. The predicted molar refractivity (Wildman–Crippen MR) is 66.1 cm³/mol. The summed E-state index contributed by atoms with van der Waals surface area (Å²) in [4.78, 5) is 9.02. The van der Waals surface area contributed by atoms with E-state index in [1.807, 2.05) is 12.1 Å². The molecule has 0 bridgehead atoms. The molecule has 3 rings (SSSR count). The highest BCUT2D eigenvalue weighted by Gasteiger charge is 2.31. The van der Waals surface area contributed by atoms with E-state index in [0.29, 0.717) is 5.15 Å². The second-order valence-electron chi connectivity index (χ2n) is 4.59. The molecule has 0 unspecified atom stereocenters. The van der Waals surface area contributed by atoms with Crippen LogP contribution < -0.4 is 4.90 Å². The first-order valence-electron chi connectivity index (χ1n) is 5.93. The standard InChI is InChI=1S/C12H16ClN3/c13-12-9-11(3-4-14-12)16-7-5-15(6-8-16)10-1-2-10/h3-4,9-10H,1-2,5-8H2. The Morgan fingerprint density at radius 3 is 2.56 bits per heavy atom. The summed E-state index contributed by atoms with van der Waals surface area (Å²) in [6.07, 6.45) is 4.59. The van der Waals surface area contributed by atoms with E-state index in [-0.39, 0.29) is 0 Å². The molecule has 0 N–H and O–H groups in total. The number of nitrogens with zero attached hydrogens (tertiary/aromatic N) is 3. The van der Waals surface area contributed by atoms with Crippen LogP contribution in [-0.2, 0) is 0 Å². The van der Waals surface area contributed by atoms with Crippen LogP contribution in [0.2, 0.25) is 5.15 Å². The van der Waals surface area contributed by atoms with Crippen LogP contribution in [0.5, 0.6) is 0 Å². The number of halogens is 1. The number of rotatable bonds is 2. The molecular formula is C12H16ClN3. The fraction of sp³-hybridized carbons (Fsp3) is 0.583. The van der Waals surface area contributed by atoms with Crippen molar-refractivity contribution in [1.82, 2.24) is 9.88 Å². The third kappa shape index (κ3) is 2.15. The quantitative estimate of drug-likeness (QED) is 0.734. The molecule has 16 heavy (non-hydrogen) atoms. The van der Waals surface area contributed by atoms with Gasteiger partial charge in [0.05, 0.1) is 0 Å². The number of anilines is 1. The van der Waals surface area contributed by atoms with Crippen LogP contribution in [0, 0.1) is 0 Å². The van der Waals surface area contributed by atoms with Gasteiger partial charge in [0.1, 0.15) is 5.15 Å². The van der Waals surface area contributed by atoms with Gasteiger partial charge in [-0.2, -0.15) is 0 Å². The topological polar surface area (TPSA) is 19.4 Å². The SMILES string of the molecule is Clc1cc(N2CCN(C3CC3)CC2)ccn1. The van der Waals surface area contributed by atoms with E-state index in [1.165, 1.54) is 31.6 Å². The molecule has 3 nitrogen and oxygen atoms in total. The Hall–Kier alpha value is -0.800. The van der Waals surface area contributed by atoms with Crippen LogP contribution in [0.3, 0.4) is 0 Å². The van der Waals surface area contributed by atoms with E-state index in [2.05, 4.69) is 14.8 Å². The van der Waals surface area contributed by atoms with Crippen LogP contribution in [0.1, 0.15) is 12.8 Å². The summed E-state index contributed by atoms with van der Waals surface area (Å²) >= 11 is 5.90. The number of aromatic nitrogens is 1. The first kappa shape index (κ1) is 10.4. The summed E-state index contributed by atoms with van der Waals surface area (Å²) in [5.74, 6) is 0. The van der Waals surface area contributed by atoms with Gasteiger partial charge in [-0.25, -0.2) is 4.98 Å². The van der Waals surface area contributed by atoms with Gasteiger partial charge in [-0.05, 0) is 25.0 Å². The maximum Gasteiger partial charge on any atom is 0.131 e. The Labute approximate surface area is 101 Å². The second kappa shape index (κ2) is 4.22. The van der Waals surface area contributed by atoms with Crippen molar-refractivity contribution < 1.29 is 0 Å². The van der Waals surface area contributed by atoms with Crippen LogP contribution in [0.25, 0.3) is 0 Å². The smallest absolute Gasteiger partial charge is 0.131 e. The summed E-state index contributed by atoms with van der Waals surface area (Å²) in [6.45, 7) is 4.59. The molecule has 1 saturated carbocycles. The molecule has 0 radical (unpaired) electrons. The van der Waals surface area contributed by atoms with Crippen molar-refractivity contribution >= 4 is 17.3 Å². The average molecular weight is 238 g/mol. The zero-order valence-corrected chi connectivity index (χ0v) is 10.0. The Balaban J connectivity index is 1.64. The maximum absolute atomic E-state index is 5.90. The van der Waals surface area contributed by atoms with E-state index in [1.54, 1.807) is 6.20 Å². The second-order valence-corrected chi connectivity index (χ2v) is 4.98.